The summed E-state index contributed by atoms with van der Waals surface area (Å²) in [7, 11) is 0. The zero-order valence-electron chi connectivity index (χ0n) is 25.8. The van der Waals surface area contributed by atoms with E-state index in [2.05, 4.69) is 20.4 Å². The van der Waals surface area contributed by atoms with Gasteiger partial charge in [-0.2, -0.15) is 0 Å². The number of nitrogens with two attached hydrogens (primary N) is 1. The van der Waals surface area contributed by atoms with E-state index in [1.165, 1.54) is 4.90 Å². The third-order valence-electron chi connectivity index (χ3n) is 7.14. The maximum Gasteiger partial charge on any atom is 0.404 e. The Bertz CT molecular complexity index is 1280. The summed E-state index contributed by atoms with van der Waals surface area (Å²) in [4.78, 5) is 57.1. The lowest BCUT2D eigenvalue weighted by Gasteiger charge is -2.35. The van der Waals surface area contributed by atoms with Gasteiger partial charge in [-0.05, 0) is 30.4 Å². The summed E-state index contributed by atoms with van der Waals surface area (Å²) < 4.78 is 15.1. The molecule has 4 amide bonds. The van der Waals surface area contributed by atoms with Crippen LogP contribution in [0.25, 0.3) is 10.4 Å². The first-order chi connectivity index (χ1) is 20.8. The number of primary amides is 1. The molecule has 0 spiro atoms. The van der Waals surface area contributed by atoms with Gasteiger partial charge in [0.05, 0.1) is 48.0 Å². The van der Waals surface area contributed by atoms with Crippen molar-refractivity contribution in [3.8, 4) is 10.4 Å². The molecular formula is C30H43N5O8S. The van der Waals surface area contributed by atoms with Gasteiger partial charge >= 0.3 is 6.09 Å². The van der Waals surface area contributed by atoms with E-state index in [0.717, 1.165) is 21.7 Å². The maximum atomic E-state index is 13.8. The van der Waals surface area contributed by atoms with E-state index in [-0.39, 0.29) is 57.9 Å². The largest absolute Gasteiger partial charge is 0.447 e. The van der Waals surface area contributed by atoms with Crippen LogP contribution in [0.1, 0.15) is 51.4 Å². The topological polar surface area (TPSA) is 182 Å². The molecule has 0 unspecified atom stereocenters. The fourth-order valence-corrected chi connectivity index (χ4v) is 5.62. The Morgan fingerprint density at radius 2 is 1.75 bits per heavy atom. The van der Waals surface area contributed by atoms with Crippen LogP contribution in [-0.2, 0) is 28.6 Å². The van der Waals surface area contributed by atoms with Crippen LogP contribution in [0.5, 0.6) is 0 Å². The van der Waals surface area contributed by atoms with Crippen LogP contribution in [0.2, 0.25) is 0 Å². The standard InChI is InChI=1S/C30H43N5O8S/c1-18(20-6-8-21(9-7-20)25-19(2)32-17-44-25)33-27(38)23-14-22(36)15-35(23)28(39)26(30(3,4)5)34-24(37)16-42-11-10-41-12-13-43-29(31)40/h6-9,17-18,22-23,26,36H,10-16H2,1-5H3,(H2,31,40)(H,33,38)(H,34,37)/t18-,22+,23-,26+/m0/s1. The molecule has 1 aromatic carbocycles. The van der Waals surface area contributed by atoms with Crippen molar-refractivity contribution < 1.29 is 38.5 Å². The Balaban J connectivity index is 1.57. The van der Waals surface area contributed by atoms with Crippen molar-refractivity contribution in [3.05, 3.63) is 41.0 Å². The molecule has 242 valence electrons. The zero-order valence-corrected chi connectivity index (χ0v) is 26.6. The van der Waals surface area contributed by atoms with Gasteiger partial charge < -0.3 is 40.6 Å². The molecule has 14 heteroatoms. The molecule has 1 saturated heterocycles. The van der Waals surface area contributed by atoms with Gasteiger partial charge in [-0.3, -0.25) is 14.4 Å². The molecule has 0 bridgehead atoms. The molecule has 3 rings (SSSR count). The summed E-state index contributed by atoms with van der Waals surface area (Å²) in [6.07, 6.45) is -1.68. The number of aryl methyl sites for hydroxylation is 1. The fourth-order valence-electron chi connectivity index (χ4n) is 4.80. The van der Waals surface area contributed by atoms with Gasteiger partial charge in [-0.1, -0.05) is 45.0 Å². The van der Waals surface area contributed by atoms with E-state index in [1.807, 2.05) is 38.1 Å². The van der Waals surface area contributed by atoms with Crippen molar-refractivity contribution in [2.75, 3.05) is 39.6 Å². The van der Waals surface area contributed by atoms with Gasteiger partial charge in [0.25, 0.3) is 0 Å². The first-order valence-corrected chi connectivity index (χ1v) is 15.3. The lowest BCUT2D eigenvalue weighted by molar-refractivity contribution is -0.144. The minimum Gasteiger partial charge on any atom is -0.447 e. The molecular weight excluding hydrogens is 590 g/mol. The van der Waals surface area contributed by atoms with E-state index in [0.29, 0.717) is 0 Å². The minimum absolute atomic E-state index is 0.00916. The molecule has 1 aliphatic heterocycles. The van der Waals surface area contributed by atoms with Crippen molar-refractivity contribution in [3.63, 3.8) is 0 Å². The number of carbonyl (C=O) groups excluding carboxylic acids is 4. The average Bonchev–Trinajstić information content (AvgIpc) is 3.57. The summed E-state index contributed by atoms with van der Waals surface area (Å²) in [5, 5.41) is 16.2. The second-order valence-electron chi connectivity index (χ2n) is 11.7. The van der Waals surface area contributed by atoms with Crippen LogP contribution < -0.4 is 16.4 Å². The number of likely N-dealkylation sites (tertiary alicyclic amines) is 1. The third kappa shape index (κ3) is 9.97. The van der Waals surface area contributed by atoms with Gasteiger partial charge in [-0.15, -0.1) is 11.3 Å². The number of carbonyl (C=O) groups is 4. The number of ether oxygens (including phenoxy) is 3. The molecule has 2 aromatic rings. The highest BCUT2D eigenvalue weighted by atomic mass is 32.1. The SMILES string of the molecule is Cc1ncsc1-c1ccc([C@H](C)NC(=O)[C@@H]2C[C@@H](O)CN2C(=O)[C@@H](NC(=O)COCCOCCOC(N)=O)C(C)(C)C)cc1. The number of aliphatic hydroxyl groups excluding tert-OH is 1. The Hall–Kier alpha value is -3.59. The zero-order chi connectivity index (χ0) is 32.4. The van der Waals surface area contributed by atoms with E-state index >= 15 is 0 Å². The van der Waals surface area contributed by atoms with Crippen molar-refractivity contribution in [1.82, 2.24) is 20.5 Å². The molecule has 4 atom stereocenters. The lowest BCUT2D eigenvalue weighted by Crippen LogP contribution is -2.58. The van der Waals surface area contributed by atoms with Crippen molar-refractivity contribution in [2.24, 2.45) is 11.1 Å². The maximum absolute atomic E-state index is 13.8. The smallest absolute Gasteiger partial charge is 0.404 e. The Morgan fingerprint density at radius 3 is 2.36 bits per heavy atom. The first kappa shape index (κ1) is 34.9. The van der Waals surface area contributed by atoms with Crippen molar-refractivity contribution in [1.29, 1.82) is 0 Å². The molecule has 44 heavy (non-hydrogen) atoms. The van der Waals surface area contributed by atoms with Crippen molar-refractivity contribution in [2.45, 2.75) is 65.3 Å². The third-order valence-corrected chi connectivity index (χ3v) is 8.11. The number of hydrogen-bond acceptors (Lipinski definition) is 10. The van der Waals surface area contributed by atoms with Gasteiger partial charge in [-0.25, -0.2) is 9.78 Å². The number of hydrogen-bond donors (Lipinski definition) is 4. The number of β-amino-alcohol motifs (C(OH)–C–C–N with tert-alkyl or cyclic N) is 1. The van der Waals surface area contributed by atoms with E-state index in [9.17, 15) is 24.3 Å². The highest BCUT2D eigenvalue weighted by Gasteiger charge is 2.44. The van der Waals surface area contributed by atoms with Gasteiger partial charge in [0, 0.05) is 13.0 Å². The Labute approximate surface area is 261 Å². The number of nitrogens with zero attached hydrogens (tertiary/aromatic N) is 2. The molecule has 1 aliphatic rings. The summed E-state index contributed by atoms with van der Waals surface area (Å²) in [5.74, 6) is -1.35. The molecule has 5 N–H and O–H groups in total. The highest BCUT2D eigenvalue weighted by Crippen LogP contribution is 2.29. The quantitative estimate of drug-likeness (QED) is 0.226. The van der Waals surface area contributed by atoms with Crippen LogP contribution in [0.15, 0.2) is 29.8 Å². The second-order valence-corrected chi connectivity index (χ2v) is 12.6. The molecule has 0 saturated carbocycles. The second kappa shape index (κ2) is 15.9. The predicted molar refractivity (Wildman–Crippen MR) is 164 cm³/mol. The summed E-state index contributed by atoms with van der Waals surface area (Å²) in [6.45, 7) is 9.30. The van der Waals surface area contributed by atoms with Gasteiger partial charge in [0.1, 0.15) is 25.3 Å². The van der Waals surface area contributed by atoms with Crippen molar-refractivity contribution >= 4 is 35.2 Å². The van der Waals surface area contributed by atoms with Crippen LogP contribution in [0.3, 0.4) is 0 Å². The molecule has 1 fully saturated rings. The number of thiazole rings is 1. The molecule has 2 heterocycles. The van der Waals surface area contributed by atoms with Crippen LogP contribution in [0, 0.1) is 12.3 Å². The number of amides is 4. The number of rotatable bonds is 14. The highest BCUT2D eigenvalue weighted by molar-refractivity contribution is 7.13. The number of nitrogens with one attached hydrogen (secondary N) is 2. The molecule has 0 radical (unpaired) electrons. The predicted octanol–water partition coefficient (Wildman–Crippen LogP) is 1.92. The van der Waals surface area contributed by atoms with Gasteiger partial charge in [0.15, 0.2) is 0 Å². The molecule has 1 aromatic heterocycles. The lowest BCUT2D eigenvalue weighted by atomic mass is 9.85. The van der Waals surface area contributed by atoms with E-state index in [4.69, 9.17) is 15.2 Å². The first-order valence-electron chi connectivity index (χ1n) is 14.4. The van der Waals surface area contributed by atoms with Crippen LogP contribution in [-0.4, -0.2) is 96.6 Å². The van der Waals surface area contributed by atoms with Crippen LogP contribution in [0.4, 0.5) is 4.79 Å². The summed E-state index contributed by atoms with van der Waals surface area (Å²) in [6, 6.07) is 5.66. The monoisotopic (exact) mass is 633 g/mol. The van der Waals surface area contributed by atoms with E-state index in [1.54, 1.807) is 37.6 Å². The number of benzene rings is 1. The Kier molecular flexibility index (Phi) is 12.6. The average molecular weight is 634 g/mol. The summed E-state index contributed by atoms with van der Waals surface area (Å²) in [5.41, 5.74) is 8.87. The van der Waals surface area contributed by atoms with Crippen LogP contribution >= 0.6 is 11.3 Å². The number of aliphatic hydroxyl groups is 1. The Morgan fingerprint density at radius 1 is 1.09 bits per heavy atom. The molecule has 13 nitrogen and oxygen atoms in total. The fraction of sp³-hybridized carbons (Fsp3) is 0.567. The van der Waals surface area contributed by atoms with E-state index < -0.39 is 41.5 Å². The number of aromatic nitrogens is 1. The minimum atomic E-state index is -0.971. The normalized spacial score (nSPS) is 18.0. The summed E-state index contributed by atoms with van der Waals surface area (Å²) >= 11 is 1.57. The van der Waals surface area contributed by atoms with Gasteiger partial charge in [0.2, 0.25) is 17.7 Å². The molecule has 0 aliphatic carbocycles.